The van der Waals surface area contributed by atoms with Crippen LogP contribution in [0.15, 0.2) is 6.20 Å². The molecular formula is C14H23N5O2. The van der Waals surface area contributed by atoms with Crippen molar-refractivity contribution in [3.05, 3.63) is 11.9 Å². The van der Waals surface area contributed by atoms with Crippen LogP contribution < -0.4 is 10.6 Å². The molecule has 0 unspecified atom stereocenters. The molecule has 2 N–H and O–H groups in total. The van der Waals surface area contributed by atoms with E-state index < -0.39 is 0 Å². The lowest BCUT2D eigenvalue weighted by molar-refractivity contribution is 0.0642. The van der Waals surface area contributed by atoms with Crippen LogP contribution in [0.4, 0.5) is 0 Å². The van der Waals surface area contributed by atoms with Crippen molar-refractivity contribution in [3.8, 4) is 0 Å². The van der Waals surface area contributed by atoms with Gasteiger partial charge in [0.05, 0.1) is 12.2 Å². The lowest BCUT2D eigenvalue weighted by atomic mass is 10.0. The lowest BCUT2D eigenvalue weighted by Gasteiger charge is -2.22. The van der Waals surface area contributed by atoms with E-state index in [9.17, 15) is 4.79 Å². The smallest absolute Gasteiger partial charge is 0.273 e. The van der Waals surface area contributed by atoms with Crippen molar-refractivity contribution >= 4 is 5.91 Å². The van der Waals surface area contributed by atoms with Crippen LogP contribution in [-0.2, 0) is 4.74 Å². The van der Waals surface area contributed by atoms with Crippen molar-refractivity contribution in [1.29, 1.82) is 0 Å². The van der Waals surface area contributed by atoms with Gasteiger partial charge in [0.15, 0.2) is 5.69 Å². The molecule has 0 aromatic carbocycles. The van der Waals surface area contributed by atoms with Crippen molar-refractivity contribution in [2.75, 3.05) is 32.8 Å². The van der Waals surface area contributed by atoms with Gasteiger partial charge in [0.1, 0.15) is 0 Å². The number of nitrogens with one attached hydrogen (secondary N) is 2. The average molecular weight is 293 g/mol. The van der Waals surface area contributed by atoms with Crippen molar-refractivity contribution in [2.45, 2.75) is 31.7 Å². The number of piperidine rings is 1. The highest BCUT2D eigenvalue weighted by Crippen LogP contribution is 2.17. The number of carbonyl (C=O) groups excluding carboxylic acids is 1. The molecule has 2 aliphatic heterocycles. The maximum atomic E-state index is 12.1. The summed E-state index contributed by atoms with van der Waals surface area (Å²) >= 11 is 0. The van der Waals surface area contributed by atoms with E-state index in [1.54, 1.807) is 6.20 Å². The molecule has 0 atom stereocenters. The molecule has 0 radical (unpaired) electrons. The Morgan fingerprint density at radius 3 is 2.86 bits per heavy atom. The molecule has 0 spiro atoms. The summed E-state index contributed by atoms with van der Waals surface area (Å²) in [5, 5.41) is 14.4. The Kier molecular flexibility index (Phi) is 4.82. The van der Waals surface area contributed by atoms with Gasteiger partial charge in [-0.1, -0.05) is 5.21 Å². The minimum atomic E-state index is -0.123. The minimum absolute atomic E-state index is 0.123. The fourth-order valence-electron chi connectivity index (χ4n) is 2.91. The van der Waals surface area contributed by atoms with E-state index in [2.05, 4.69) is 20.9 Å². The normalized spacial score (nSPS) is 21.3. The van der Waals surface area contributed by atoms with Crippen LogP contribution in [0.25, 0.3) is 0 Å². The molecule has 2 aliphatic rings. The Labute approximate surface area is 124 Å². The van der Waals surface area contributed by atoms with Crippen LogP contribution in [-0.4, -0.2) is 53.7 Å². The van der Waals surface area contributed by atoms with E-state index in [0.717, 1.165) is 52.0 Å². The van der Waals surface area contributed by atoms with Crippen molar-refractivity contribution in [1.82, 2.24) is 25.6 Å². The summed E-state index contributed by atoms with van der Waals surface area (Å²) in [4.78, 5) is 12.1. The Bertz CT molecular complexity index is 464. The molecule has 2 saturated heterocycles. The van der Waals surface area contributed by atoms with Gasteiger partial charge in [-0.15, -0.1) is 5.10 Å². The van der Waals surface area contributed by atoms with Crippen molar-refractivity contribution in [2.24, 2.45) is 5.92 Å². The molecule has 0 aliphatic carbocycles. The lowest BCUT2D eigenvalue weighted by Crippen LogP contribution is -2.32. The maximum absolute atomic E-state index is 12.1. The molecule has 3 rings (SSSR count). The number of hydrogen-bond donors (Lipinski definition) is 2. The number of rotatable bonds is 4. The molecule has 7 heteroatoms. The van der Waals surface area contributed by atoms with E-state index in [1.165, 1.54) is 0 Å². The number of aromatic nitrogens is 3. The monoisotopic (exact) mass is 293 g/mol. The molecule has 0 saturated carbocycles. The molecular weight excluding hydrogens is 270 g/mol. The third kappa shape index (κ3) is 3.79. The second-order valence-corrected chi connectivity index (χ2v) is 5.83. The second kappa shape index (κ2) is 7.00. The van der Waals surface area contributed by atoms with Gasteiger partial charge in [-0.2, -0.15) is 0 Å². The van der Waals surface area contributed by atoms with Crippen LogP contribution in [0, 0.1) is 5.92 Å². The topological polar surface area (TPSA) is 81.1 Å². The second-order valence-electron chi connectivity index (χ2n) is 5.83. The third-order valence-corrected chi connectivity index (χ3v) is 4.32. The minimum Gasteiger partial charge on any atom is -0.381 e. The summed E-state index contributed by atoms with van der Waals surface area (Å²) in [6.45, 7) is 4.28. The molecule has 1 aromatic rings. The van der Waals surface area contributed by atoms with Gasteiger partial charge in [0, 0.05) is 19.8 Å². The first kappa shape index (κ1) is 14.5. The zero-order valence-corrected chi connectivity index (χ0v) is 12.3. The van der Waals surface area contributed by atoms with E-state index >= 15 is 0 Å². The summed E-state index contributed by atoms with van der Waals surface area (Å²) in [5.41, 5.74) is 0.417. The Morgan fingerprint density at radius 2 is 2.10 bits per heavy atom. The Morgan fingerprint density at radius 1 is 1.33 bits per heavy atom. The Hall–Kier alpha value is -1.47. The summed E-state index contributed by atoms with van der Waals surface area (Å²) in [5.74, 6) is 0.392. The summed E-state index contributed by atoms with van der Waals surface area (Å²) in [6.07, 6.45) is 5.87. The van der Waals surface area contributed by atoms with Gasteiger partial charge >= 0.3 is 0 Å². The number of amides is 1. The fraction of sp³-hybridized carbons (Fsp3) is 0.786. The summed E-state index contributed by atoms with van der Waals surface area (Å²) < 4.78 is 7.16. The van der Waals surface area contributed by atoms with Gasteiger partial charge in [-0.05, 0) is 44.7 Å². The first-order valence-corrected chi connectivity index (χ1v) is 7.81. The van der Waals surface area contributed by atoms with Crippen LogP contribution in [0.3, 0.4) is 0 Å². The van der Waals surface area contributed by atoms with Gasteiger partial charge in [0.2, 0.25) is 0 Å². The largest absolute Gasteiger partial charge is 0.381 e. The van der Waals surface area contributed by atoms with Gasteiger partial charge in [-0.3, -0.25) is 4.79 Å². The van der Waals surface area contributed by atoms with Crippen molar-refractivity contribution < 1.29 is 9.53 Å². The summed E-state index contributed by atoms with van der Waals surface area (Å²) in [7, 11) is 0. The molecule has 2 fully saturated rings. The quantitative estimate of drug-likeness (QED) is 0.838. The fourth-order valence-corrected chi connectivity index (χ4v) is 2.91. The van der Waals surface area contributed by atoms with Crippen LogP contribution in [0.5, 0.6) is 0 Å². The number of carbonyl (C=O) groups is 1. The first-order chi connectivity index (χ1) is 10.3. The van der Waals surface area contributed by atoms with Crippen molar-refractivity contribution in [3.63, 3.8) is 0 Å². The van der Waals surface area contributed by atoms with Gasteiger partial charge < -0.3 is 15.4 Å². The number of ether oxygens (including phenoxy) is 1. The standard InChI is InChI=1S/C14H23N5O2/c20-14(16-9-11-3-7-21-8-4-11)13-10-19(18-17-13)12-1-5-15-6-2-12/h10-12,15H,1-9H2,(H,16,20). The number of nitrogens with zero attached hydrogens (tertiary/aromatic N) is 3. The zero-order chi connectivity index (χ0) is 14.5. The van der Waals surface area contributed by atoms with E-state index in [1.807, 2.05) is 4.68 Å². The Balaban J connectivity index is 1.51. The third-order valence-electron chi connectivity index (χ3n) is 4.32. The van der Waals surface area contributed by atoms with Crippen LogP contribution in [0.1, 0.15) is 42.2 Å². The molecule has 0 bridgehead atoms. The van der Waals surface area contributed by atoms with Crippen LogP contribution in [0.2, 0.25) is 0 Å². The first-order valence-electron chi connectivity index (χ1n) is 7.81. The molecule has 21 heavy (non-hydrogen) atoms. The average Bonchev–Trinajstić information content (AvgIpc) is 3.04. The zero-order valence-electron chi connectivity index (χ0n) is 12.3. The predicted molar refractivity (Wildman–Crippen MR) is 77.0 cm³/mol. The maximum Gasteiger partial charge on any atom is 0.273 e. The molecule has 1 aromatic heterocycles. The highest BCUT2D eigenvalue weighted by atomic mass is 16.5. The highest BCUT2D eigenvalue weighted by Gasteiger charge is 2.20. The van der Waals surface area contributed by atoms with Crippen LogP contribution >= 0.6 is 0 Å². The van der Waals surface area contributed by atoms with Gasteiger partial charge in [0.25, 0.3) is 5.91 Å². The van der Waals surface area contributed by atoms with E-state index in [4.69, 9.17) is 4.74 Å². The van der Waals surface area contributed by atoms with E-state index in [0.29, 0.717) is 24.2 Å². The molecule has 116 valence electrons. The van der Waals surface area contributed by atoms with E-state index in [-0.39, 0.29) is 5.91 Å². The summed E-state index contributed by atoms with van der Waals surface area (Å²) in [6, 6.07) is 0.357. The predicted octanol–water partition coefficient (Wildman–Crippen LogP) is 0.359. The molecule has 1 amide bonds. The molecule has 7 nitrogen and oxygen atoms in total. The molecule has 3 heterocycles. The highest BCUT2D eigenvalue weighted by molar-refractivity contribution is 5.91. The SMILES string of the molecule is O=C(NCC1CCOCC1)c1cn(C2CCNCC2)nn1. The number of hydrogen-bond acceptors (Lipinski definition) is 5. The van der Waals surface area contributed by atoms with Gasteiger partial charge in [-0.25, -0.2) is 4.68 Å².